The van der Waals surface area contributed by atoms with Crippen molar-refractivity contribution in [1.29, 1.82) is 0 Å². The summed E-state index contributed by atoms with van der Waals surface area (Å²) in [5.74, 6) is 0. The maximum absolute atomic E-state index is 12.6. The highest BCUT2D eigenvalue weighted by atomic mass is 16.6. The van der Waals surface area contributed by atoms with E-state index in [2.05, 4.69) is 5.32 Å². The first-order valence-electron chi connectivity index (χ1n) is 11.9. The van der Waals surface area contributed by atoms with Crippen molar-refractivity contribution in [2.24, 2.45) is 0 Å². The second-order valence-electron chi connectivity index (χ2n) is 8.50. The van der Waals surface area contributed by atoms with Crippen LogP contribution in [-0.2, 0) is 38.8 Å². The van der Waals surface area contributed by atoms with E-state index in [-0.39, 0.29) is 19.8 Å². The van der Waals surface area contributed by atoms with Crippen LogP contribution in [0.15, 0.2) is 91.0 Å². The number of carbonyl (C=O) groups excluding carboxylic acids is 1. The van der Waals surface area contributed by atoms with Crippen LogP contribution in [0, 0.1) is 0 Å². The van der Waals surface area contributed by atoms with Crippen LogP contribution >= 0.6 is 0 Å². The minimum Gasteiger partial charge on any atom is -0.445 e. The van der Waals surface area contributed by atoms with E-state index in [1.54, 1.807) is 0 Å². The molecule has 36 heavy (non-hydrogen) atoms. The lowest BCUT2D eigenvalue weighted by molar-refractivity contribution is -0.274. The number of aliphatic hydroxyl groups is 2. The molecule has 1 fully saturated rings. The molecule has 4 rings (SSSR count). The van der Waals surface area contributed by atoms with Crippen LogP contribution < -0.4 is 5.32 Å². The zero-order valence-electron chi connectivity index (χ0n) is 19.8. The fourth-order valence-corrected chi connectivity index (χ4v) is 4.05. The Labute approximate surface area is 210 Å². The van der Waals surface area contributed by atoms with E-state index in [4.69, 9.17) is 18.9 Å². The molecule has 0 aliphatic carbocycles. The Morgan fingerprint density at radius 3 is 1.72 bits per heavy atom. The van der Waals surface area contributed by atoms with Gasteiger partial charge in [0.15, 0.2) is 6.29 Å². The topological polar surface area (TPSA) is 106 Å². The first-order chi connectivity index (χ1) is 17.6. The average molecular weight is 494 g/mol. The minimum atomic E-state index is -1.44. The summed E-state index contributed by atoms with van der Waals surface area (Å²) in [5, 5.41) is 23.4. The SMILES string of the molecule is O=C(N[C@H]1[C@@H](OCc2ccccc2)[C@H](OCc2ccccc2)[C@@H](CO)O[C@@H]1O)OCc1ccccc1. The number of benzene rings is 3. The molecule has 190 valence electrons. The zero-order valence-corrected chi connectivity index (χ0v) is 19.8. The highest BCUT2D eigenvalue weighted by Crippen LogP contribution is 2.27. The number of ether oxygens (including phenoxy) is 4. The summed E-state index contributed by atoms with van der Waals surface area (Å²) >= 11 is 0. The molecule has 0 aromatic heterocycles. The van der Waals surface area contributed by atoms with Crippen LogP contribution in [0.4, 0.5) is 4.79 Å². The summed E-state index contributed by atoms with van der Waals surface area (Å²) in [6.07, 6.45) is -4.64. The number of hydrogen-bond donors (Lipinski definition) is 3. The number of hydrogen-bond acceptors (Lipinski definition) is 7. The second kappa shape index (κ2) is 13.2. The van der Waals surface area contributed by atoms with Gasteiger partial charge in [0.1, 0.15) is 31.0 Å². The van der Waals surface area contributed by atoms with Gasteiger partial charge < -0.3 is 34.5 Å². The number of rotatable bonds is 10. The zero-order chi connectivity index (χ0) is 25.2. The van der Waals surface area contributed by atoms with E-state index < -0.39 is 43.3 Å². The fourth-order valence-electron chi connectivity index (χ4n) is 4.05. The Kier molecular flexibility index (Phi) is 9.43. The third-order valence-electron chi connectivity index (χ3n) is 5.91. The first kappa shape index (κ1) is 25.8. The van der Waals surface area contributed by atoms with E-state index in [1.165, 1.54) is 0 Å². The van der Waals surface area contributed by atoms with Crippen molar-refractivity contribution in [1.82, 2.24) is 5.32 Å². The van der Waals surface area contributed by atoms with Gasteiger partial charge in [-0.3, -0.25) is 0 Å². The van der Waals surface area contributed by atoms with Crippen molar-refractivity contribution in [3.8, 4) is 0 Å². The molecule has 0 saturated carbocycles. The average Bonchev–Trinajstić information content (AvgIpc) is 2.93. The van der Waals surface area contributed by atoms with Gasteiger partial charge in [-0.05, 0) is 16.7 Å². The van der Waals surface area contributed by atoms with Crippen molar-refractivity contribution >= 4 is 6.09 Å². The Morgan fingerprint density at radius 2 is 1.22 bits per heavy atom. The van der Waals surface area contributed by atoms with Crippen LogP contribution in [0.5, 0.6) is 0 Å². The molecule has 0 bridgehead atoms. The Morgan fingerprint density at radius 1 is 0.750 bits per heavy atom. The third-order valence-corrected chi connectivity index (χ3v) is 5.91. The van der Waals surface area contributed by atoms with Gasteiger partial charge in [0.25, 0.3) is 0 Å². The highest BCUT2D eigenvalue weighted by Gasteiger charge is 2.47. The van der Waals surface area contributed by atoms with Crippen LogP contribution in [0.25, 0.3) is 0 Å². The van der Waals surface area contributed by atoms with E-state index >= 15 is 0 Å². The predicted molar refractivity (Wildman–Crippen MR) is 132 cm³/mol. The normalized spacial score (nSPS) is 23.7. The molecule has 0 unspecified atom stereocenters. The van der Waals surface area contributed by atoms with E-state index in [9.17, 15) is 15.0 Å². The largest absolute Gasteiger partial charge is 0.445 e. The smallest absolute Gasteiger partial charge is 0.407 e. The molecule has 8 nitrogen and oxygen atoms in total. The lowest BCUT2D eigenvalue weighted by Gasteiger charge is -2.44. The van der Waals surface area contributed by atoms with Crippen molar-refractivity contribution in [2.75, 3.05) is 6.61 Å². The molecule has 0 radical (unpaired) electrons. The maximum Gasteiger partial charge on any atom is 0.407 e. The molecule has 1 aliphatic heterocycles. The van der Waals surface area contributed by atoms with Gasteiger partial charge in [-0.25, -0.2) is 4.79 Å². The van der Waals surface area contributed by atoms with Crippen LogP contribution in [0.1, 0.15) is 16.7 Å². The molecule has 1 heterocycles. The summed E-state index contributed by atoms with van der Waals surface area (Å²) < 4.78 is 23.3. The summed E-state index contributed by atoms with van der Waals surface area (Å²) in [5.41, 5.74) is 2.66. The van der Waals surface area contributed by atoms with Crippen molar-refractivity contribution < 1.29 is 34.0 Å². The van der Waals surface area contributed by atoms with Crippen LogP contribution in [0.3, 0.4) is 0 Å². The lowest BCUT2D eigenvalue weighted by atomic mass is 9.96. The Bertz CT molecular complexity index is 1050. The number of aliphatic hydroxyl groups excluding tert-OH is 2. The van der Waals surface area contributed by atoms with Gasteiger partial charge in [0, 0.05) is 0 Å². The number of amides is 1. The standard InChI is InChI=1S/C28H31NO7/c30-16-23-25(33-17-20-10-4-1-5-11-20)26(34-18-21-12-6-2-7-13-21)24(27(31)36-23)29-28(32)35-19-22-14-8-3-9-15-22/h1-15,23-27,30-31H,16-19H2,(H,29,32)/t23-,24+,25-,26-,27+/m1/s1. The van der Waals surface area contributed by atoms with Gasteiger partial charge in [-0.1, -0.05) is 91.0 Å². The highest BCUT2D eigenvalue weighted by molar-refractivity contribution is 5.67. The van der Waals surface area contributed by atoms with Crippen molar-refractivity contribution in [3.05, 3.63) is 108 Å². The molecule has 5 atom stereocenters. The Balaban J connectivity index is 1.49. The van der Waals surface area contributed by atoms with E-state index in [1.807, 2.05) is 91.0 Å². The summed E-state index contributed by atoms with van der Waals surface area (Å²) in [6, 6.07) is 27.4. The molecule has 1 saturated heterocycles. The van der Waals surface area contributed by atoms with Crippen molar-refractivity contribution in [2.45, 2.75) is 50.5 Å². The monoisotopic (exact) mass is 493 g/mol. The van der Waals surface area contributed by atoms with Gasteiger partial charge in [-0.2, -0.15) is 0 Å². The van der Waals surface area contributed by atoms with Crippen molar-refractivity contribution in [3.63, 3.8) is 0 Å². The molecule has 3 N–H and O–H groups in total. The Hall–Kier alpha value is -3.27. The van der Waals surface area contributed by atoms with Gasteiger partial charge in [0.05, 0.1) is 19.8 Å². The molecule has 1 amide bonds. The quantitative estimate of drug-likeness (QED) is 0.398. The predicted octanol–water partition coefficient (Wildman–Crippen LogP) is 3.16. The number of alkyl carbamates (subject to hydrolysis) is 1. The fraction of sp³-hybridized carbons (Fsp3) is 0.321. The molecule has 8 heteroatoms. The summed E-state index contributed by atoms with van der Waals surface area (Å²) in [4.78, 5) is 12.6. The van der Waals surface area contributed by atoms with Gasteiger partial charge >= 0.3 is 6.09 Å². The lowest BCUT2D eigenvalue weighted by Crippen LogP contribution is -2.65. The van der Waals surface area contributed by atoms with Gasteiger partial charge in [-0.15, -0.1) is 0 Å². The molecule has 3 aromatic rings. The first-order valence-corrected chi connectivity index (χ1v) is 11.9. The molecular formula is C28H31NO7. The minimum absolute atomic E-state index is 0.0685. The molecular weight excluding hydrogens is 462 g/mol. The molecule has 1 aliphatic rings. The third kappa shape index (κ3) is 7.13. The second-order valence-corrected chi connectivity index (χ2v) is 8.50. The van der Waals surface area contributed by atoms with E-state index in [0.717, 1.165) is 16.7 Å². The number of carbonyl (C=O) groups is 1. The summed E-state index contributed by atoms with van der Waals surface area (Å²) in [6.45, 7) is 0.114. The summed E-state index contributed by atoms with van der Waals surface area (Å²) in [7, 11) is 0. The molecule has 3 aromatic carbocycles. The maximum atomic E-state index is 12.6. The van der Waals surface area contributed by atoms with E-state index in [0.29, 0.717) is 0 Å². The number of nitrogens with one attached hydrogen (secondary N) is 1. The van der Waals surface area contributed by atoms with Crippen LogP contribution in [-0.4, -0.2) is 53.6 Å². The van der Waals surface area contributed by atoms with Crippen LogP contribution in [0.2, 0.25) is 0 Å². The van der Waals surface area contributed by atoms with Gasteiger partial charge in [0.2, 0.25) is 0 Å². The molecule has 0 spiro atoms.